The first kappa shape index (κ1) is 23.6. The van der Waals surface area contributed by atoms with E-state index in [1.54, 1.807) is 0 Å². The molecule has 0 saturated heterocycles. The van der Waals surface area contributed by atoms with Gasteiger partial charge in [0.1, 0.15) is 0 Å². The van der Waals surface area contributed by atoms with Crippen LogP contribution >= 0.6 is 0 Å². The zero-order chi connectivity index (χ0) is 14.2. The molecule has 0 atom stereocenters. The van der Waals surface area contributed by atoms with Crippen molar-refractivity contribution < 1.29 is 39.3 Å². The molecule has 0 aromatic carbocycles. The number of carbonyl (C=O) groups excluding carboxylic acids is 2. The van der Waals surface area contributed by atoms with Crippen molar-refractivity contribution in [3.8, 4) is 0 Å². The average Bonchev–Trinajstić information content (AvgIpc) is 2.31. The number of carboxylic acid groups (broad SMARTS) is 2. The van der Waals surface area contributed by atoms with Crippen LogP contribution in [0.4, 0.5) is 0 Å². The monoisotopic (exact) mass is 324 g/mol. The van der Waals surface area contributed by atoms with Crippen molar-refractivity contribution in [3.63, 3.8) is 0 Å². The maximum atomic E-state index is 9.79. The summed E-state index contributed by atoms with van der Waals surface area (Å²) in [6.45, 7) is 5.59. The Morgan fingerprint density at radius 3 is 1.37 bits per heavy atom. The van der Waals surface area contributed by atoms with Gasteiger partial charge in [-0.15, -0.1) is 0 Å². The number of carboxylic acids is 2. The molecule has 108 valence electrons. The Morgan fingerprint density at radius 2 is 1.16 bits per heavy atom. The molecular formula is C12H24N2O4Zn. The van der Waals surface area contributed by atoms with Crippen molar-refractivity contribution in [3.05, 3.63) is 0 Å². The summed E-state index contributed by atoms with van der Waals surface area (Å²) < 4.78 is 0. The second-order valence-electron chi connectivity index (χ2n) is 3.80. The molecule has 0 amide bonds. The molecule has 19 heavy (non-hydrogen) atoms. The summed E-state index contributed by atoms with van der Waals surface area (Å²) in [5.41, 5.74) is 0. The average molecular weight is 326 g/mol. The van der Waals surface area contributed by atoms with Gasteiger partial charge in [0.25, 0.3) is 0 Å². The number of nitrogens with one attached hydrogen (secondary N) is 2. The first-order chi connectivity index (χ1) is 8.54. The molecule has 7 heteroatoms. The van der Waals surface area contributed by atoms with Crippen LogP contribution in [0.5, 0.6) is 0 Å². The molecular weight excluding hydrogens is 302 g/mol. The Bertz CT molecular complexity index is 194. The Kier molecular flexibility index (Phi) is 24.6. The van der Waals surface area contributed by atoms with Crippen LogP contribution in [0.3, 0.4) is 0 Å². The fourth-order valence-corrected chi connectivity index (χ4v) is 0.984. The topological polar surface area (TPSA) is 104 Å². The van der Waals surface area contributed by atoms with E-state index in [-0.39, 0.29) is 32.6 Å². The summed E-state index contributed by atoms with van der Waals surface area (Å²) in [4.78, 5) is 19.6. The molecule has 2 N–H and O–H groups in total. The van der Waals surface area contributed by atoms with Gasteiger partial charge >= 0.3 is 19.5 Å². The van der Waals surface area contributed by atoms with Crippen molar-refractivity contribution in [2.45, 2.75) is 39.5 Å². The van der Waals surface area contributed by atoms with Crippen LogP contribution in [-0.2, 0) is 29.1 Å². The van der Waals surface area contributed by atoms with E-state index in [0.717, 1.165) is 38.8 Å². The molecule has 0 aromatic heterocycles. The summed E-state index contributed by atoms with van der Waals surface area (Å²) >= 11 is 0. The number of rotatable bonds is 10. The third kappa shape index (κ3) is 31.8. The van der Waals surface area contributed by atoms with Crippen LogP contribution < -0.4 is 20.8 Å². The quantitative estimate of drug-likeness (QED) is 0.364. The molecule has 0 radical (unpaired) electrons. The molecule has 0 unspecified atom stereocenters. The van der Waals surface area contributed by atoms with Gasteiger partial charge in [-0.05, 0) is 25.9 Å². The normalized spacial score (nSPS) is 8.95. The molecule has 0 rings (SSSR count). The standard InChI is InChI=1S/2C6H13NO2.Zn/c2*1-2-3-4-7-5-6(8)9;/h2*7H,2-5H2,1H3,(H,8,9);/q;;+2/p-2. The second-order valence-corrected chi connectivity index (χ2v) is 3.80. The van der Waals surface area contributed by atoms with Crippen molar-refractivity contribution in [1.29, 1.82) is 0 Å². The minimum absolute atomic E-state index is 0. The predicted molar refractivity (Wildman–Crippen MR) is 65.6 cm³/mol. The second kappa shape index (κ2) is 19.8. The first-order valence-corrected chi connectivity index (χ1v) is 6.35. The van der Waals surface area contributed by atoms with Gasteiger partial charge in [-0.25, -0.2) is 0 Å². The maximum Gasteiger partial charge on any atom is 2.00 e. The summed E-state index contributed by atoms with van der Waals surface area (Å²) in [7, 11) is 0. The summed E-state index contributed by atoms with van der Waals surface area (Å²) in [5.74, 6) is -2.07. The molecule has 0 aliphatic heterocycles. The predicted octanol–water partition coefficient (Wildman–Crippen LogP) is -1.75. The van der Waals surface area contributed by atoms with Gasteiger partial charge in [-0.3, -0.25) is 0 Å². The zero-order valence-corrected chi connectivity index (χ0v) is 15.0. The number of hydrogen-bond acceptors (Lipinski definition) is 6. The van der Waals surface area contributed by atoms with Crippen LogP contribution in [0.15, 0.2) is 0 Å². The maximum absolute atomic E-state index is 9.79. The van der Waals surface area contributed by atoms with Crippen molar-refractivity contribution in [1.82, 2.24) is 10.6 Å². The fourth-order valence-electron chi connectivity index (χ4n) is 0.984. The van der Waals surface area contributed by atoms with Gasteiger partial charge in [0, 0.05) is 13.1 Å². The van der Waals surface area contributed by atoms with Crippen LogP contribution in [0.1, 0.15) is 39.5 Å². The summed E-state index contributed by atoms with van der Waals surface area (Å²) in [6, 6.07) is 0. The van der Waals surface area contributed by atoms with Crippen molar-refractivity contribution in [2.75, 3.05) is 26.2 Å². The molecule has 0 aliphatic rings. The Morgan fingerprint density at radius 1 is 0.842 bits per heavy atom. The zero-order valence-electron chi connectivity index (χ0n) is 12.0. The Balaban J connectivity index is -0.000000256. The van der Waals surface area contributed by atoms with E-state index in [0.29, 0.717) is 0 Å². The molecule has 0 fully saturated rings. The van der Waals surface area contributed by atoms with E-state index in [1.807, 2.05) is 0 Å². The van der Waals surface area contributed by atoms with Crippen molar-refractivity contribution >= 4 is 11.9 Å². The van der Waals surface area contributed by atoms with Gasteiger partial charge in [0.15, 0.2) is 0 Å². The SMILES string of the molecule is CCCCNCC(=O)[O-].CCCCNCC(=O)[O-].[Zn+2]. The third-order valence-corrected chi connectivity index (χ3v) is 1.95. The molecule has 0 aromatic rings. The summed E-state index contributed by atoms with van der Waals surface area (Å²) in [6.07, 6.45) is 4.21. The molecule has 0 aliphatic carbocycles. The van der Waals surface area contributed by atoms with E-state index < -0.39 is 11.9 Å². The fraction of sp³-hybridized carbons (Fsp3) is 0.833. The number of aliphatic carboxylic acids is 2. The van der Waals surface area contributed by atoms with Gasteiger partial charge in [-0.1, -0.05) is 26.7 Å². The summed E-state index contributed by atoms with van der Waals surface area (Å²) in [5, 5.41) is 25.0. The number of unbranched alkanes of at least 4 members (excludes halogenated alkanes) is 2. The number of hydrogen-bond donors (Lipinski definition) is 2. The van der Waals surface area contributed by atoms with Crippen LogP contribution in [0, 0.1) is 0 Å². The van der Waals surface area contributed by atoms with E-state index in [2.05, 4.69) is 24.5 Å². The Labute approximate surface area is 128 Å². The third-order valence-electron chi connectivity index (χ3n) is 1.95. The number of carbonyl (C=O) groups is 2. The van der Waals surface area contributed by atoms with Crippen LogP contribution in [0.2, 0.25) is 0 Å². The van der Waals surface area contributed by atoms with Crippen molar-refractivity contribution in [2.24, 2.45) is 0 Å². The molecule has 0 bridgehead atoms. The van der Waals surface area contributed by atoms with Gasteiger partial charge in [0.05, 0.1) is 11.9 Å². The minimum Gasteiger partial charge on any atom is -0.549 e. The molecule has 0 saturated carbocycles. The smallest absolute Gasteiger partial charge is 0.549 e. The largest absolute Gasteiger partial charge is 2.00 e. The Hall–Kier alpha value is -0.517. The van der Waals surface area contributed by atoms with E-state index in [4.69, 9.17) is 0 Å². The van der Waals surface area contributed by atoms with E-state index in [9.17, 15) is 19.8 Å². The van der Waals surface area contributed by atoms with Gasteiger partial charge in [-0.2, -0.15) is 0 Å². The molecule has 0 heterocycles. The van der Waals surface area contributed by atoms with E-state index in [1.165, 1.54) is 0 Å². The first-order valence-electron chi connectivity index (χ1n) is 6.35. The molecule has 0 spiro atoms. The minimum atomic E-state index is -1.04. The molecule has 6 nitrogen and oxygen atoms in total. The van der Waals surface area contributed by atoms with Crippen LogP contribution in [-0.4, -0.2) is 38.1 Å². The van der Waals surface area contributed by atoms with Crippen LogP contribution in [0.25, 0.3) is 0 Å². The van der Waals surface area contributed by atoms with E-state index >= 15 is 0 Å². The van der Waals surface area contributed by atoms with Gasteiger partial charge in [0.2, 0.25) is 0 Å². The van der Waals surface area contributed by atoms with Gasteiger partial charge < -0.3 is 30.4 Å².